The Kier molecular flexibility index (Phi) is 5.28. The van der Waals surface area contributed by atoms with Crippen molar-refractivity contribution >= 4 is 35.1 Å². The number of aliphatic hydroxyl groups excluding tert-OH is 1. The van der Waals surface area contributed by atoms with Crippen molar-refractivity contribution in [1.29, 1.82) is 0 Å². The standard InChI is InChI=1S/C14H16Cl2N4O2/c1-8-5-13(20(2)19-8)18-14(22)17-7-12(21)10-4-3-9(15)6-11(10)16/h3-6,12,21H,7H2,1-2H3,(H2,17,18,22)/t12-/m1/s1. The summed E-state index contributed by atoms with van der Waals surface area (Å²) in [4.78, 5) is 11.8. The molecule has 0 saturated heterocycles. The molecular weight excluding hydrogens is 327 g/mol. The Bertz CT molecular complexity index is 687. The topological polar surface area (TPSA) is 79.2 Å². The minimum absolute atomic E-state index is 0.0179. The minimum Gasteiger partial charge on any atom is -0.387 e. The molecule has 0 fully saturated rings. The van der Waals surface area contributed by atoms with E-state index in [1.54, 1.807) is 36.0 Å². The zero-order valence-corrected chi connectivity index (χ0v) is 13.6. The third-order valence-electron chi connectivity index (χ3n) is 3.02. The van der Waals surface area contributed by atoms with E-state index in [0.717, 1.165) is 5.69 Å². The van der Waals surface area contributed by atoms with Gasteiger partial charge in [-0.1, -0.05) is 29.3 Å². The number of nitrogens with zero attached hydrogens (tertiary/aromatic N) is 2. The maximum absolute atomic E-state index is 11.8. The van der Waals surface area contributed by atoms with Crippen LogP contribution in [0.4, 0.5) is 10.6 Å². The number of hydrogen-bond donors (Lipinski definition) is 3. The van der Waals surface area contributed by atoms with E-state index in [1.165, 1.54) is 0 Å². The van der Waals surface area contributed by atoms with Crippen LogP contribution in [-0.4, -0.2) is 27.5 Å². The van der Waals surface area contributed by atoms with E-state index in [1.807, 2.05) is 6.92 Å². The van der Waals surface area contributed by atoms with Gasteiger partial charge >= 0.3 is 6.03 Å². The van der Waals surface area contributed by atoms with Crippen molar-refractivity contribution in [3.8, 4) is 0 Å². The van der Waals surface area contributed by atoms with E-state index in [9.17, 15) is 9.90 Å². The number of aryl methyl sites for hydroxylation is 2. The van der Waals surface area contributed by atoms with E-state index in [0.29, 0.717) is 21.4 Å². The number of anilines is 1. The van der Waals surface area contributed by atoms with Crippen molar-refractivity contribution in [3.63, 3.8) is 0 Å². The number of carbonyl (C=O) groups is 1. The summed E-state index contributed by atoms with van der Waals surface area (Å²) < 4.78 is 1.56. The predicted octanol–water partition coefficient (Wildman–Crippen LogP) is 2.89. The molecule has 6 nitrogen and oxygen atoms in total. The largest absolute Gasteiger partial charge is 0.387 e. The highest BCUT2D eigenvalue weighted by Crippen LogP contribution is 2.25. The smallest absolute Gasteiger partial charge is 0.320 e. The van der Waals surface area contributed by atoms with Gasteiger partial charge in [0.15, 0.2) is 0 Å². The number of halogens is 2. The van der Waals surface area contributed by atoms with Crippen LogP contribution in [0.1, 0.15) is 17.4 Å². The summed E-state index contributed by atoms with van der Waals surface area (Å²) in [6.07, 6.45) is -0.927. The molecule has 0 spiro atoms. The number of aromatic nitrogens is 2. The SMILES string of the molecule is Cc1cc(NC(=O)NC[C@@H](O)c2ccc(Cl)cc2Cl)n(C)n1. The summed E-state index contributed by atoms with van der Waals surface area (Å²) in [5.74, 6) is 0.564. The van der Waals surface area contributed by atoms with Crippen molar-refractivity contribution < 1.29 is 9.90 Å². The summed E-state index contributed by atoms with van der Waals surface area (Å²) in [5, 5.41) is 20.3. The molecule has 118 valence electrons. The molecule has 0 saturated carbocycles. The first-order valence-corrected chi connectivity index (χ1v) is 7.31. The number of amides is 2. The number of rotatable bonds is 4. The van der Waals surface area contributed by atoms with Crippen LogP contribution in [0.5, 0.6) is 0 Å². The zero-order valence-electron chi connectivity index (χ0n) is 12.1. The highest BCUT2D eigenvalue weighted by molar-refractivity contribution is 6.35. The Morgan fingerprint density at radius 2 is 2.14 bits per heavy atom. The number of hydrogen-bond acceptors (Lipinski definition) is 3. The summed E-state index contributed by atoms with van der Waals surface area (Å²) >= 11 is 11.8. The maximum atomic E-state index is 11.8. The van der Waals surface area contributed by atoms with E-state index >= 15 is 0 Å². The molecule has 1 aromatic heterocycles. The molecule has 8 heteroatoms. The number of nitrogens with one attached hydrogen (secondary N) is 2. The van der Waals surface area contributed by atoms with E-state index < -0.39 is 12.1 Å². The van der Waals surface area contributed by atoms with Gasteiger partial charge in [0.25, 0.3) is 0 Å². The third-order valence-corrected chi connectivity index (χ3v) is 3.58. The number of benzene rings is 1. The lowest BCUT2D eigenvalue weighted by Crippen LogP contribution is -2.33. The molecule has 0 aliphatic rings. The Morgan fingerprint density at radius 3 is 2.73 bits per heavy atom. The molecule has 0 aliphatic carbocycles. The summed E-state index contributed by atoms with van der Waals surface area (Å²) in [7, 11) is 1.73. The molecule has 1 heterocycles. The van der Waals surface area contributed by atoms with Crippen molar-refractivity contribution in [2.75, 3.05) is 11.9 Å². The molecule has 2 rings (SSSR count). The van der Waals surface area contributed by atoms with Gasteiger partial charge in [0.1, 0.15) is 5.82 Å². The first-order valence-electron chi connectivity index (χ1n) is 6.55. The molecule has 2 amide bonds. The van der Waals surface area contributed by atoms with Crippen molar-refractivity contribution in [3.05, 3.63) is 45.6 Å². The third kappa shape index (κ3) is 4.13. The van der Waals surface area contributed by atoms with Gasteiger partial charge in [0, 0.05) is 35.3 Å². The van der Waals surface area contributed by atoms with Crippen LogP contribution in [0, 0.1) is 6.92 Å². The fraction of sp³-hybridized carbons (Fsp3) is 0.286. The van der Waals surface area contributed by atoms with Gasteiger partial charge in [0.05, 0.1) is 11.8 Å². The molecule has 2 aromatic rings. The molecule has 1 atom stereocenters. The fourth-order valence-corrected chi connectivity index (χ4v) is 2.49. The van der Waals surface area contributed by atoms with E-state index in [4.69, 9.17) is 23.2 Å². The molecule has 0 unspecified atom stereocenters. The maximum Gasteiger partial charge on any atom is 0.320 e. The van der Waals surface area contributed by atoms with Crippen LogP contribution in [0.3, 0.4) is 0 Å². The Hall–Kier alpha value is -1.76. The second-order valence-corrected chi connectivity index (χ2v) is 5.65. The lowest BCUT2D eigenvalue weighted by molar-refractivity contribution is 0.175. The molecular formula is C14H16Cl2N4O2. The molecule has 1 aromatic carbocycles. The highest BCUT2D eigenvalue weighted by Gasteiger charge is 2.14. The van der Waals surface area contributed by atoms with E-state index in [-0.39, 0.29) is 6.54 Å². The summed E-state index contributed by atoms with van der Waals surface area (Å²) in [6.45, 7) is 1.85. The Morgan fingerprint density at radius 1 is 1.41 bits per heavy atom. The lowest BCUT2D eigenvalue weighted by Gasteiger charge is -2.14. The highest BCUT2D eigenvalue weighted by atomic mass is 35.5. The molecule has 0 radical (unpaired) electrons. The second kappa shape index (κ2) is 7.00. The van der Waals surface area contributed by atoms with Crippen molar-refractivity contribution in [2.45, 2.75) is 13.0 Å². The van der Waals surface area contributed by atoms with Crippen LogP contribution in [0.15, 0.2) is 24.3 Å². The number of aliphatic hydroxyl groups is 1. The normalized spacial score (nSPS) is 12.0. The predicted molar refractivity (Wildman–Crippen MR) is 86.4 cm³/mol. The van der Waals surface area contributed by atoms with Crippen LogP contribution in [-0.2, 0) is 7.05 Å². The monoisotopic (exact) mass is 342 g/mol. The van der Waals surface area contributed by atoms with Gasteiger partial charge in [-0.3, -0.25) is 10.00 Å². The van der Waals surface area contributed by atoms with Crippen molar-refractivity contribution in [2.24, 2.45) is 7.05 Å². The van der Waals surface area contributed by atoms with E-state index in [2.05, 4.69) is 15.7 Å². The average molecular weight is 343 g/mol. The molecule has 0 aliphatic heterocycles. The van der Waals surface area contributed by atoms with Gasteiger partial charge in [-0.15, -0.1) is 0 Å². The second-order valence-electron chi connectivity index (χ2n) is 4.81. The van der Waals surface area contributed by atoms with Crippen molar-refractivity contribution in [1.82, 2.24) is 15.1 Å². The number of urea groups is 1. The fourth-order valence-electron chi connectivity index (χ4n) is 1.96. The van der Waals surface area contributed by atoms with Crippen LogP contribution in [0.25, 0.3) is 0 Å². The first-order chi connectivity index (χ1) is 10.4. The van der Waals surface area contributed by atoms with Gasteiger partial charge in [0.2, 0.25) is 0 Å². The lowest BCUT2D eigenvalue weighted by atomic mass is 10.1. The van der Waals surface area contributed by atoms with Gasteiger partial charge in [-0.25, -0.2) is 4.79 Å². The quantitative estimate of drug-likeness (QED) is 0.799. The van der Waals surface area contributed by atoms with Crippen LogP contribution in [0.2, 0.25) is 10.0 Å². The molecule has 3 N–H and O–H groups in total. The average Bonchev–Trinajstić information content (AvgIpc) is 2.74. The zero-order chi connectivity index (χ0) is 16.3. The van der Waals surface area contributed by atoms with Gasteiger partial charge < -0.3 is 10.4 Å². The first kappa shape index (κ1) is 16.6. The van der Waals surface area contributed by atoms with Gasteiger partial charge in [-0.05, 0) is 19.1 Å². The summed E-state index contributed by atoms with van der Waals surface area (Å²) in [5.41, 5.74) is 1.30. The Balaban J connectivity index is 1.91. The molecule has 22 heavy (non-hydrogen) atoms. The van der Waals surface area contributed by atoms with Gasteiger partial charge in [-0.2, -0.15) is 5.10 Å². The van der Waals surface area contributed by atoms with Crippen LogP contribution < -0.4 is 10.6 Å². The Labute approximate surface area is 138 Å². The van der Waals surface area contributed by atoms with Crippen LogP contribution >= 0.6 is 23.2 Å². The molecule has 0 bridgehead atoms. The summed E-state index contributed by atoms with van der Waals surface area (Å²) in [6, 6.07) is 6.10. The minimum atomic E-state index is -0.927. The number of carbonyl (C=O) groups excluding carboxylic acids is 1.